The third-order valence-electron chi connectivity index (χ3n) is 4.65. The number of hydrogen-bond donors (Lipinski definition) is 0. The maximum atomic E-state index is 11.8. The van der Waals surface area contributed by atoms with E-state index in [-0.39, 0.29) is 11.9 Å². The molecule has 0 aromatic carbocycles. The molecule has 1 atom stereocenters. The fraction of sp³-hybridized carbons (Fsp3) is 0.556. The van der Waals surface area contributed by atoms with Gasteiger partial charge in [0.15, 0.2) is 5.72 Å². The lowest BCUT2D eigenvalue weighted by Gasteiger charge is -2.42. The first-order chi connectivity index (χ1) is 11.0. The first-order valence-electron chi connectivity index (χ1n) is 8.29. The highest BCUT2D eigenvalue weighted by Gasteiger charge is 2.44. The number of unbranched alkanes of at least 4 members (excludes halogenated alkanes) is 1. The highest BCUT2D eigenvalue weighted by molar-refractivity contribution is 5.92. The Morgan fingerprint density at radius 2 is 2.04 bits per heavy atom. The maximum Gasteiger partial charge on any atom is 0.339 e. The van der Waals surface area contributed by atoms with Crippen molar-refractivity contribution in [2.75, 3.05) is 13.1 Å². The Morgan fingerprint density at radius 1 is 1.22 bits per heavy atom. The molecule has 1 spiro atoms. The van der Waals surface area contributed by atoms with Crippen molar-refractivity contribution in [3.05, 3.63) is 35.1 Å². The van der Waals surface area contributed by atoms with Gasteiger partial charge in [-0.3, -0.25) is 4.90 Å². The summed E-state index contributed by atoms with van der Waals surface area (Å²) in [5.74, 6) is 0.186. The fourth-order valence-corrected chi connectivity index (χ4v) is 3.39. The van der Waals surface area contributed by atoms with Gasteiger partial charge in [-0.25, -0.2) is 9.59 Å². The van der Waals surface area contributed by atoms with Gasteiger partial charge in [0.1, 0.15) is 5.76 Å². The molecule has 0 saturated carbocycles. The molecule has 0 aliphatic carbocycles. The van der Waals surface area contributed by atoms with Crippen LogP contribution in [0.2, 0.25) is 0 Å². The molecule has 1 saturated heterocycles. The van der Waals surface area contributed by atoms with Crippen molar-refractivity contribution in [2.24, 2.45) is 0 Å². The number of nitrogens with zero attached hydrogens (tertiary/aromatic N) is 1. The Hall–Kier alpha value is -1.88. The lowest BCUT2D eigenvalue weighted by Crippen LogP contribution is -2.51. The number of cyclic esters (lactones) is 1. The van der Waals surface area contributed by atoms with Crippen molar-refractivity contribution in [3.8, 4) is 0 Å². The third-order valence-corrected chi connectivity index (χ3v) is 4.65. The molecular weight excluding hydrogens is 294 g/mol. The normalized spacial score (nSPS) is 29.7. The summed E-state index contributed by atoms with van der Waals surface area (Å²) in [4.78, 5) is 25.3. The van der Waals surface area contributed by atoms with E-state index in [0.29, 0.717) is 16.9 Å². The van der Waals surface area contributed by atoms with Crippen LogP contribution in [0.4, 0.5) is 0 Å². The summed E-state index contributed by atoms with van der Waals surface area (Å²) >= 11 is 0. The third kappa shape index (κ3) is 3.24. The average molecular weight is 317 g/mol. The number of ether oxygens (including phenoxy) is 2. The Bertz CT molecular complexity index is 617. The molecular formula is C18H23NO4. The Kier molecular flexibility index (Phi) is 4.39. The van der Waals surface area contributed by atoms with E-state index in [1.54, 1.807) is 13.0 Å². The molecule has 0 N–H and O–H groups in total. The summed E-state index contributed by atoms with van der Waals surface area (Å²) in [6, 6.07) is 0. The van der Waals surface area contributed by atoms with E-state index in [1.807, 2.05) is 19.1 Å². The molecule has 0 amide bonds. The molecule has 124 valence electrons. The molecule has 1 unspecified atom stereocenters. The van der Waals surface area contributed by atoms with Crippen LogP contribution in [0.1, 0.15) is 46.0 Å². The predicted molar refractivity (Wildman–Crippen MR) is 85.2 cm³/mol. The van der Waals surface area contributed by atoms with Gasteiger partial charge in [0.05, 0.1) is 0 Å². The minimum atomic E-state index is -0.525. The van der Waals surface area contributed by atoms with Crippen LogP contribution in [-0.2, 0) is 19.1 Å². The van der Waals surface area contributed by atoms with Gasteiger partial charge < -0.3 is 9.47 Å². The predicted octanol–water partition coefficient (Wildman–Crippen LogP) is 2.84. The van der Waals surface area contributed by atoms with Gasteiger partial charge in [-0.15, -0.1) is 0 Å². The van der Waals surface area contributed by atoms with Crippen molar-refractivity contribution < 1.29 is 19.1 Å². The fourth-order valence-electron chi connectivity index (χ4n) is 3.39. The minimum absolute atomic E-state index is 0.197. The van der Waals surface area contributed by atoms with E-state index in [2.05, 4.69) is 4.90 Å². The number of carbonyl (C=O) groups excluding carboxylic acids is 2. The second kappa shape index (κ2) is 6.32. The number of carbonyl (C=O) groups is 2. The van der Waals surface area contributed by atoms with Crippen LogP contribution in [-0.4, -0.2) is 35.7 Å². The zero-order valence-corrected chi connectivity index (χ0v) is 13.8. The lowest BCUT2D eigenvalue weighted by atomic mass is 9.97. The topological polar surface area (TPSA) is 55.8 Å². The molecule has 3 aliphatic rings. The van der Waals surface area contributed by atoms with E-state index < -0.39 is 5.72 Å². The smallest absolute Gasteiger partial charge is 0.339 e. The molecule has 0 radical (unpaired) electrons. The monoisotopic (exact) mass is 317 g/mol. The van der Waals surface area contributed by atoms with Gasteiger partial charge in [0, 0.05) is 30.7 Å². The molecule has 0 aromatic rings. The van der Waals surface area contributed by atoms with E-state index in [9.17, 15) is 9.59 Å². The summed E-state index contributed by atoms with van der Waals surface area (Å²) in [6.07, 6.45) is 10.6. The molecule has 5 heteroatoms. The maximum absolute atomic E-state index is 11.8. The van der Waals surface area contributed by atoms with Crippen LogP contribution in [0.3, 0.4) is 0 Å². The molecule has 3 aliphatic heterocycles. The number of allylic oxidation sites excluding steroid dienone is 2. The number of piperidine rings is 1. The van der Waals surface area contributed by atoms with Crippen molar-refractivity contribution in [3.63, 3.8) is 0 Å². The van der Waals surface area contributed by atoms with Crippen LogP contribution in [0.15, 0.2) is 35.1 Å². The summed E-state index contributed by atoms with van der Waals surface area (Å²) in [5.41, 5.74) is 0.824. The number of rotatable bonds is 4. The zero-order valence-electron chi connectivity index (χ0n) is 13.8. The van der Waals surface area contributed by atoms with Gasteiger partial charge in [-0.2, -0.15) is 0 Å². The van der Waals surface area contributed by atoms with Crippen molar-refractivity contribution in [1.82, 2.24) is 4.90 Å². The quantitative estimate of drug-likeness (QED) is 0.589. The summed E-state index contributed by atoms with van der Waals surface area (Å²) < 4.78 is 10.8. The Balaban J connectivity index is 1.56. The Labute approximate surface area is 136 Å². The van der Waals surface area contributed by atoms with Gasteiger partial charge in [-0.1, -0.05) is 0 Å². The summed E-state index contributed by atoms with van der Waals surface area (Å²) in [6.45, 7) is 5.38. The van der Waals surface area contributed by atoms with E-state index in [1.165, 1.54) is 0 Å². The minimum Gasteiger partial charge on any atom is -0.437 e. The van der Waals surface area contributed by atoms with Gasteiger partial charge in [0.25, 0.3) is 0 Å². The van der Waals surface area contributed by atoms with Crippen LogP contribution < -0.4 is 0 Å². The van der Waals surface area contributed by atoms with Gasteiger partial charge in [-0.05, 0) is 57.8 Å². The molecule has 3 heterocycles. The highest BCUT2D eigenvalue weighted by atomic mass is 16.6. The number of esters is 2. The van der Waals surface area contributed by atoms with Crippen molar-refractivity contribution in [1.29, 1.82) is 0 Å². The van der Waals surface area contributed by atoms with Crippen molar-refractivity contribution >= 4 is 11.9 Å². The van der Waals surface area contributed by atoms with Crippen LogP contribution in [0.5, 0.6) is 0 Å². The van der Waals surface area contributed by atoms with Crippen LogP contribution >= 0.6 is 0 Å². The van der Waals surface area contributed by atoms with Gasteiger partial charge >= 0.3 is 11.9 Å². The molecule has 0 aromatic heterocycles. The van der Waals surface area contributed by atoms with E-state index >= 15 is 0 Å². The van der Waals surface area contributed by atoms with Crippen molar-refractivity contribution in [2.45, 2.75) is 51.7 Å². The second-order valence-electron chi connectivity index (χ2n) is 6.47. The standard InChI is InChI=1S/C18H23NO4/c1-13-11-15(22-16(13)20)7-3-5-9-19-10-6-4-8-18(19)12-14(2)17(21)23-18/h7,11-12H,3-6,8-10H2,1-2H3/b15-7-. The molecule has 3 rings (SSSR count). The van der Waals surface area contributed by atoms with E-state index in [0.717, 1.165) is 45.2 Å². The summed E-state index contributed by atoms with van der Waals surface area (Å²) in [7, 11) is 0. The number of likely N-dealkylation sites (tertiary alicyclic amines) is 1. The molecule has 0 bridgehead atoms. The zero-order chi connectivity index (χ0) is 16.4. The first kappa shape index (κ1) is 16.0. The lowest BCUT2D eigenvalue weighted by molar-refractivity contribution is -0.168. The van der Waals surface area contributed by atoms with Crippen LogP contribution in [0, 0.1) is 0 Å². The van der Waals surface area contributed by atoms with Crippen LogP contribution in [0.25, 0.3) is 0 Å². The number of hydrogen-bond acceptors (Lipinski definition) is 5. The Morgan fingerprint density at radius 3 is 2.70 bits per heavy atom. The second-order valence-corrected chi connectivity index (χ2v) is 6.47. The SMILES string of the molecule is CC1=C/C(=C/CCCN2CCCCC23C=C(C)C(=O)O3)OC1=O. The molecule has 5 nitrogen and oxygen atoms in total. The highest BCUT2D eigenvalue weighted by Crippen LogP contribution is 2.36. The largest absolute Gasteiger partial charge is 0.437 e. The molecule has 1 fully saturated rings. The first-order valence-corrected chi connectivity index (χ1v) is 8.29. The van der Waals surface area contributed by atoms with Gasteiger partial charge in [0.2, 0.25) is 0 Å². The molecule has 23 heavy (non-hydrogen) atoms. The summed E-state index contributed by atoms with van der Waals surface area (Å²) in [5, 5.41) is 0. The van der Waals surface area contributed by atoms with E-state index in [4.69, 9.17) is 9.47 Å². The average Bonchev–Trinajstić information content (AvgIpc) is 2.97.